The van der Waals surface area contributed by atoms with Crippen LogP contribution in [0, 0.1) is 0 Å². The van der Waals surface area contributed by atoms with Gasteiger partial charge in [0.1, 0.15) is 0 Å². The van der Waals surface area contributed by atoms with Gasteiger partial charge in [0.2, 0.25) is 12.7 Å². The van der Waals surface area contributed by atoms with E-state index < -0.39 is 0 Å². The molecule has 0 aliphatic carbocycles. The van der Waals surface area contributed by atoms with Crippen LogP contribution in [-0.4, -0.2) is 30.7 Å². The van der Waals surface area contributed by atoms with E-state index in [9.17, 15) is 4.79 Å². The summed E-state index contributed by atoms with van der Waals surface area (Å²) in [5, 5.41) is 0. The maximum absolute atomic E-state index is 12.0. The van der Waals surface area contributed by atoms with E-state index in [0.29, 0.717) is 6.42 Å². The van der Waals surface area contributed by atoms with Crippen molar-refractivity contribution >= 4 is 5.91 Å². The van der Waals surface area contributed by atoms with Gasteiger partial charge in [-0.15, -0.1) is 0 Å². The Morgan fingerprint density at radius 1 is 1.18 bits per heavy atom. The molecule has 1 aromatic carbocycles. The molecule has 1 fully saturated rings. The lowest BCUT2D eigenvalue weighted by molar-refractivity contribution is -0.129. The van der Waals surface area contributed by atoms with Crippen molar-refractivity contribution in [1.29, 1.82) is 0 Å². The zero-order valence-electron chi connectivity index (χ0n) is 9.65. The average Bonchev–Trinajstić information content (AvgIpc) is 2.99. The van der Waals surface area contributed by atoms with Crippen molar-refractivity contribution in [3.8, 4) is 11.5 Å². The Bertz CT molecular complexity index is 438. The third-order valence-electron chi connectivity index (χ3n) is 3.25. The molecule has 2 aliphatic heterocycles. The monoisotopic (exact) mass is 233 g/mol. The summed E-state index contributed by atoms with van der Waals surface area (Å²) in [6.07, 6.45) is 2.72. The summed E-state index contributed by atoms with van der Waals surface area (Å²) in [7, 11) is 0. The van der Waals surface area contributed by atoms with E-state index in [1.165, 1.54) is 0 Å². The highest BCUT2D eigenvalue weighted by atomic mass is 16.7. The molecular formula is C13H15NO3. The number of hydrogen-bond donors (Lipinski definition) is 0. The first kappa shape index (κ1) is 10.4. The number of amides is 1. The maximum Gasteiger partial charge on any atom is 0.231 e. The first-order valence-electron chi connectivity index (χ1n) is 5.99. The van der Waals surface area contributed by atoms with Gasteiger partial charge >= 0.3 is 0 Å². The standard InChI is InChI=1S/C13H15NO3/c15-13(14-5-1-2-6-14)8-10-3-4-11-12(7-10)17-9-16-11/h3-4,7H,1-2,5-6,8-9H2. The summed E-state index contributed by atoms with van der Waals surface area (Å²) in [6, 6.07) is 5.70. The molecule has 1 amide bonds. The molecule has 0 saturated carbocycles. The molecule has 90 valence electrons. The number of benzene rings is 1. The first-order chi connectivity index (χ1) is 8.33. The second-order valence-corrected chi connectivity index (χ2v) is 4.45. The van der Waals surface area contributed by atoms with Crippen molar-refractivity contribution in [2.24, 2.45) is 0 Å². The molecule has 1 saturated heterocycles. The van der Waals surface area contributed by atoms with Crippen LogP contribution in [-0.2, 0) is 11.2 Å². The van der Waals surface area contributed by atoms with Crippen molar-refractivity contribution < 1.29 is 14.3 Å². The Balaban J connectivity index is 1.70. The molecule has 0 spiro atoms. The number of carbonyl (C=O) groups excluding carboxylic acids is 1. The summed E-state index contributed by atoms with van der Waals surface area (Å²) in [4.78, 5) is 13.9. The van der Waals surface area contributed by atoms with Crippen LogP contribution in [0.2, 0.25) is 0 Å². The number of hydrogen-bond acceptors (Lipinski definition) is 3. The molecule has 0 aromatic heterocycles. The summed E-state index contributed by atoms with van der Waals surface area (Å²) >= 11 is 0. The maximum atomic E-state index is 12.0. The van der Waals surface area contributed by atoms with Crippen molar-refractivity contribution in [1.82, 2.24) is 4.90 Å². The fourth-order valence-corrected chi connectivity index (χ4v) is 2.30. The largest absolute Gasteiger partial charge is 0.454 e. The van der Waals surface area contributed by atoms with Crippen LogP contribution in [0.3, 0.4) is 0 Å². The number of nitrogens with zero attached hydrogens (tertiary/aromatic N) is 1. The van der Waals surface area contributed by atoms with E-state index in [1.807, 2.05) is 23.1 Å². The van der Waals surface area contributed by atoms with Crippen LogP contribution in [0.4, 0.5) is 0 Å². The number of carbonyl (C=O) groups is 1. The van der Waals surface area contributed by atoms with Gasteiger partial charge in [0.25, 0.3) is 0 Å². The molecule has 4 nitrogen and oxygen atoms in total. The lowest BCUT2D eigenvalue weighted by Gasteiger charge is -2.15. The Hall–Kier alpha value is -1.71. The number of fused-ring (bicyclic) bond motifs is 1. The van der Waals surface area contributed by atoms with Crippen LogP contribution < -0.4 is 9.47 Å². The number of likely N-dealkylation sites (tertiary alicyclic amines) is 1. The van der Waals surface area contributed by atoms with Gasteiger partial charge in [-0.3, -0.25) is 4.79 Å². The van der Waals surface area contributed by atoms with E-state index in [2.05, 4.69) is 0 Å². The number of ether oxygens (including phenoxy) is 2. The van der Waals surface area contributed by atoms with E-state index in [0.717, 1.165) is 43.0 Å². The van der Waals surface area contributed by atoms with Gasteiger partial charge in [-0.1, -0.05) is 6.07 Å². The third kappa shape index (κ3) is 2.07. The first-order valence-corrected chi connectivity index (χ1v) is 5.99. The van der Waals surface area contributed by atoms with Crippen LogP contribution in [0.5, 0.6) is 11.5 Å². The Kier molecular flexibility index (Phi) is 2.63. The smallest absolute Gasteiger partial charge is 0.231 e. The fraction of sp³-hybridized carbons (Fsp3) is 0.462. The molecule has 0 bridgehead atoms. The zero-order valence-corrected chi connectivity index (χ0v) is 9.65. The quantitative estimate of drug-likeness (QED) is 0.778. The summed E-state index contributed by atoms with van der Waals surface area (Å²) in [6.45, 7) is 2.09. The SMILES string of the molecule is O=C(Cc1ccc2c(c1)OCO2)N1CCCC1. The van der Waals surface area contributed by atoms with E-state index in [1.54, 1.807) is 0 Å². The van der Waals surface area contributed by atoms with Gasteiger partial charge in [-0.05, 0) is 30.5 Å². The normalized spacial score (nSPS) is 17.5. The highest BCUT2D eigenvalue weighted by Gasteiger charge is 2.19. The molecule has 0 N–H and O–H groups in total. The van der Waals surface area contributed by atoms with E-state index in [-0.39, 0.29) is 12.7 Å². The molecular weight excluding hydrogens is 218 g/mol. The minimum atomic E-state index is 0.210. The summed E-state index contributed by atoms with van der Waals surface area (Å²) in [5.74, 6) is 1.72. The second kappa shape index (κ2) is 4.28. The lowest BCUT2D eigenvalue weighted by Crippen LogP contribution is -2.29. The highest BCUT2D eigenvalue weighted by molar-refractivity contribution is 5.79. The minimum absolute atomic E-state index is 0.210. The fourth-order valence-electron chi connectivity index (χ4n) is 2.30. The average molecular weight is 233 g/mol. The molecule has 1 aromatic rings. The topological polar surface area (TPSA) is 38.8 Å². The summed E-state index contributed by atoms with van der Waals surface area (Å²) in [5.41, 5.74) is 0.992. The van der Waals surface area contributed by atoms with E-state index in [4.69, 9.17) is 9.47 Å². The predicted molar refractivity (Wildman–Crippen MR) is 62.1 cm³/mol. The molecule has 0 radical (unpaired) electrons. The molecule has 0 unspecified atom stereocenters. The van der Waals surface area contributed by atoms with Crippen molar-refractivity contribution in [2.75, 3.05) is 19.9 Å². The second-order valence-electron chi connectivity index (χ2n) is 4.45. The van der Waals surface area contributed by atoms with Crippen molar-refractivity contribution in [3.63, 3.8) is 0 Å². The molecule has 17 heavy (non-hydrogen) atoms. The van der Waals surface area contributed by atoms with Gasteiger partial charge in [0, 0.05) is 13.1 Å². The Labute approximate surface area is 100 Å². The lowest BCUT2D eigenvalue weighted by atomic mass is 10.1. The van der Waals surface area contributed by atoms with Gasteiger partial charge in [-0.25, -0.2) is 0 Å². The molecule has 3 rings (SSSR count). The van der Waals surface area contributed by atoms with Crippen LogP contribution in [0.15, 0.2) is 18.2 Å². The van der Waals surface area contributed by atoms with Gasteiger partial charge in [0.05, 0.1) is 6.42 Å². The van der Waals surface area contributed by atoms with Crippen molar-refractivity contribution in [3.05, 3.63) is 23.8 Å². The van der Waals surface area contributed by atoms with E-state index >= 15 is 0 Å². The zero-order chi connectivity index (χ0) is 11.7. The molecule has 2 heterocycles. The third-order valence-corrected chi connectivity index (χ3v) is 3.25. The van der Waals surface area contributed by atoms with Crippen LogP contribution in [0.1, 0.15) is 18.4 Å². The summed E-state index contributed by atoms with van der Waals surface area (Å²) < 4.78 is 10.5. The van der Waals surface area contributed by atoms with Crippen LogP contribution >= 0.6 is 0 Å². The molecule has 2 aliphatic rings. The van der Waals surface area contributed by atoms with Gasteiger partial charge in [-0.2, -0.15) is 0 Å². The van der Waals surface area contributed by atoms with Crippen LogP contribution in [0.25, 0.3) is 0 Å². The predicted octanol–water partition coefficient (Wildman–Crippen LogP) is 1.58. The van der Waals surface area contributed by atoms with Crippen molar-refractivity contribution in [2.45, 2.75) is 19.3 Å². The minimum Gasteiger partial charge on any atom is -0.454 e. The Morgan fingerprint density at radius 2 is 1.94 bits per heavy atom. The van der Waals surface area contributed by atoms with Gasteiger partial charge in [0.15, 0.2) is 11.5 Å². The number of rotatable bonds is 2. The Morgan fingerprint density at radius 3 is 2.76 bits per heavy atom. The molecule has 4 heteroatoms. The van der Waals surface area contributed by atoms with Gasteiger partial charge < -0.3 is 14.4 Å². The highest BCUT2D eigenvalue weighted by Crippen LogP contribution is 2.32. The molecule has 0 atom stereocenters.